The van der Waals surface area contributed by atoms with Gasteiger partial charge in [0, 0.05) is 5.69 Å². The fourth-order valence-corrected chi connectivity index (χ4v) is 1.93. The van der Waals surface area contributed by atoms with Gasteiger partial charge in [0.2, 0.25) is 0 Å². The number of hydrogen-bond acceptors (Lipinski definition) is 4. The number of carbonyl (C=O) groups is 1. The second-order valence-electron chi connectivity index (χ2n) is 4.90. The predicted molar refractivity (Wildman–Crippen MR) is 89.1 cm³/mol. The number of benzene rings is 1. The molecular formula is C15H20ClNO3S. The van der Waals surface area contributed by atoms with Crippen LogP contribution >= 0.6 is 23.8 Å². The quantitative estimate of drug-likeness (QED) is 0.640. The van der Waals surface area contributed by atoms with Crippen LogP contribution in [0.3, 0.4) is 0 Å². The van der Waals surface area contributed by atoms with Gasteiger partial charge >= 0.3 is 5.97 Å². The van der Waals surface area contributed by atoms with Gasteiger partial charge in [-0.05, 0) is 57.6 Å². The fourth-order valence-electron chi connectivity index (χ4n) is 1.45. The Labute approximate surface area is 135 Å². The lowest BCUT2D eigenvalue weighted by Crippen LogP contribution is -2.19. The van der Waals surface area contributed by atoms with E-state index in [1.165, 1.54) is 0 Å². The average Bonchev–Trinajstić information content (AvgIpc) is 2.39. The molecule has 0 amide bonds. The Morgan fingerprint density at radius 2 is 2.00 bits per heavy atom. The van der Waals surface area contributed by atoms with Crippen LogP contribution in [0, 0.1) is 0 Å². The van der Waals surface area contributed by atoms with Crippen LogP contribution in [0.2, 0.25) is 5.02 Å². The van der Waals surface area contributed by atoms with Crippen molar-refractivity contribution in [3.8, 4) is 0 Å². The van der Waals surface area contributed by atoms with Gasteiger partial charge in [0.15, 0.2) is 0 Å². The summed E-state index contributed by atoms with van der Waals surface area (Å²) in [5.74, 6) is -0.465. The van der Waals surface area contributed by atoms with Crippen molar-refractivity contribution in [2.45, 2.75) is 46.3 Å². The van der Waals surface area contributed by atoms with Crippen molar-refractivity contribution < 1.29 is 14.3 Å². The largest absolute Gasteiger partial charge is 0.468 e. The first kappa shape index (κ1) is 17.7. The number of nitrogens with one attached hydrogen (secondary N) is 1. The lowest BCUT2D eigenvalue weighted by atomic mass is 10.2. The fraction of sp³-hybridized carbons (Fsp3) is 0.467. The Bertz CT molecular complexity index is 520. The highest BCUT2D eigenvalue weighted by Gasteiger charge is 2.15. The minimum atomic E-state index is -0.465. The van der Waals surface area contributed by atoms with E-state index in [-0.39, 0.29) is 17.4 Å². The van der Waals surface area contributed by atoms with Gasteiger partial charge in [-0.15, -0.1) is 0 Å². The molecule has 21 heavy (non-hydrogen) atoms. The van der Waals surface area contributed by atoms with Crippen LogP contribution in [0.25, 0.3) is 0 Å². The topological polar surface area (TPSA) is 47.6 Å². The highest BCUT2D eigenvalue weighted by molar-refractivity contribution is 7.80. The molecule has 1 atom stereocenters. The summed E-state index contributed by atoms with van der Waals surface area (Å²) in [5, 5.41) is 3.52. The number of ether oxygens (including phenoxy) is 2. The molecule has 116 valence electrons. The molecule has 1 aromatic rings. The summed E-state index contributed by atoms with van der Waals surface area (Å²) in [6.45, 7) is 7.50. The third kappa shape index (κ3) is 5.89. The second-order valence-corrected chi connectivity index (χ2v) is 5.68. The highest BCUT2D eigenvalue weighted by Crippen LogP contribution is 2.22. The minimum Gasteiger partial charge on any atom is -0.468 e. The Hall–Kier alpha value is -1.33. The van der Waals surface area contributed by atoms with Crippen molar-refractivity contribution in [3.63, 3.8) is 0 Å². The van der Waals surface area contributed by atoms with Gasteiger partial charge in [0.1, 0.15) is 0 Å². The number of rotatable bonds is 5. The smallest absolute Gasteiger partial charge is 0.339 e. The Morgan fingerprint density at radius 3 is 2.57 bits per heavy atom. The van der Waals surface area contributed by atoms with Crippen LogP contribution in [0.4, 0.5) is 5.69 Å². The monoisotopic (exact) mass is 329 g/mol. The molecule has 4 nitrogen and oxygen atoms in total. The molecule has 0 fully saturated rings. The van der Waals surface area contributed by atoms with Gasteiger partial charge in [0.25, 0.3) is 5.17 Å². The third-order valence-corrected chi connectivity index (χ3v) is 3.19. The zero-order valence-electron chi connectivity index (χ0n) is 12.6. The van der Waals surface area contributed by atoms with E-state index in [2.05, 4.69) is 5.32 Å². The SMILES string of the molecule is CCC(C)OC(=S)Nc1ccc(Cl)c(C(=O)OC(C)C)c1. The minimum absolute atomic E-state index is 0.0303. The number of hydrogen-bond donors (Lipinski definition) is 1. The summed E-state index contributed by atoms with van der Waals surface area (Å²) >= 11 is 11.1. The molecule has 0 aliphatic rings. The van der Waals surface area contributed by atoms with Crippen LogP contribution in [0.15, 0.2) is 18.2 Å². The summed E-state index contributed by atoms with van der Waals surface area (Å²) in [6.07, 6.45) is 0.677. The van der Waals surface area contributed by atoms with Crippen LogP contribution < -0.4 is 5.32 Å². The van der Waals surface area contributed by atoms with Gasteiger partial charge in [-0.3, -0.25) is 0 Å². The summed E-state index contributed by atoms with van der Waals surface area (Å²) in [6, 6.07) is 4.94. The van der Waals surface area contributed by atoms with Crippen LogP contribution in [-0.2, 0) is 9.47 Å². The van der Waals surface area contributed by atoms with E-state index in [1.54, 1.807) is 32.0 Å². The van der Waals surface area contributed by atoms with Crippen LogP contribution in [0.1, 0.15) is 44.5 Å². The zero-order chi connectivity index (χ0) is 16.0. The molecule has 1 rings (SSSR count). The lowest BCUT2D eigenvalue weighted by molar-refractivity contribution is 0.0378. The summed E-state index contributed by atoms with van der Waals surface area (Å²) in [5.41, 5.74) is 0.921. The Balaban J connectivity index is 2.82. The van der Waals surface area contributed by atoms with E-state index >= 15 is 0 Å². The van der Waals surface area contributed by atoms with Crippen molar-refractivity contribution in [2.75, 3.05) is 5.32 Å². The molecule has 1 N–H and O–H groups in total. The maximum Gasteiger partial charge on any atom is 0.339 e. The van der Waals surface area contributed by atoms with Gasteiger partial charge in [-0.25, -0.2) is 4.79 Å². The summed E-state index contributed by atoms with van der Waals surface area (Å²) < 4.78 is 10.6. The second kappa shape index (κ2) is 8.20. The van der Waals surface area contributed by atoms with Gasteiger partial charge in [-0.2, -0.15) is 0 Å². The maximum atomic E-state index is 11.9. The molecular weight excluding hydrogens is 310 g/mol. The molecule has 0 heterocycles. The molecule has 0 aliphatic heterocycles. The van der Waals surface area contributed by atoms with E-state index in [4.69, 9.17) is 33.3 Å². The van der Waals surface area contributed by atoms with Crippen molar-refractivity contribution in [1.82, 2.24) is 0 Å². The van der Waals surface area contributed by atoms with Gasteiger partial charge < -0.3 is 14.8 Å². The number of carbonyl (C=O) groups excluding carboxylic acids is 1. The number of anilines is 1. The molecule has 0 aromatic heterocycles. The lowest BCUT2D eigenvalue weighted by Gasteiger charge is -2.15. The average molecular weight is 330 g/mol. The zero-order valence-corrected chi connectivity index (χ0v) is 14.2. The van der Waals surface area contributed by atoms with E-state index in [0.717, 1.165) is 6.42 Å². The first-order valence-corrected chi connectivity index (χ1v) is 7.60. The molecule has 0 radical (unpaired) electrons. The number of esters is 1. The van der Waals surface area contributed by atoms with E-state index in [9.17, 15) is 4.79 Å². The first-order chi connectivity index (χ1) is 9.83. The molecule has 1 aromatic carbocycles. The number of thiocarbonyl (C=S) groups is 1. The molecule has 0 spiro atoms. The Morgan fingerprint density at radius 1 is 1.33 bits per heavy atom. The number of halogens is 1. The molecule has 0 aliphatic carbocycles. The van der Waals surface area contributed by atoms with Crippen LogP contribution in [-0.4, -0.2) is 23.4 Å². The van der Waals surface area contributed by atoms with Crippen molar-refractivity contribution >= 4 is 40.7 Å². The first-order valence-electron chi connectivity index (χ1n) is 6.81. The molecule has 0 saturated carbocycles. The van der Waals surface area contributed by atoms with Crippen molar-refractivity contribution in [3.05, 3.63) is 28.8 Å². The van der Waals surface area contributed by atoms with E-state index < -0.39 is 5.97 Å². The molecule has 0 bridgehead atoms. The molecule has 0 saturated heterocycles. The summed E-state index contributed by atoms with van der Waals surface area (Å²) in [7, 11) is 0. The van der Waals surface area contributed by atoms with E-state index in [1.807, 2.05) is 13.8 Å². The maximum absolute atomic E-state index is 11.9. The van der Waals surface area contributed by atoms with Crippen LogP contribution in [0.5, 0.6) is 0 Å². The van der Waals surface area contributed by atoms with Gasteiger partial charge in [-0.1, -0.05) is 18.5 Å². The Kier molecular flexibility index (Phi) is 6.92. The van der Waals surface area contributed by atoms with Gasteiger partial charge in [0.05, 0.1) is 22.8 Å². The summed E-state index contributed by atoms with van der Waals surface area (Å²) in [4.78, 5) is 11.9. The van der Waals surface area contributed by atoms with E-state index in [0.29, 0.717) is 16.3 Å². The molecule has 6 heteroatoms. The van der Waals surface area contributed by atoms with Crippen molar-refractivity contribution in [2.24, 2.45) is 0 Å². The van der Waals surface area contributed by atoms with Crippen molar-refractivity contribution in [1.29, 1.82) is 0 Å². The molecule has 1 unspecified atom stereocenters. The highest BCUT2D eigenvalue weighted by atomic mass is 35.5. The normalized spacial score (nSPS) is 11.9. The standard InChI is InChI=1S/C15H20ClNO3S/c1-5-10(4)20-15(21)17-11-6-7-13(16)12(8-11)14(18)19-9(2)3/h6-10H,5H2,1-4H3,(H,17,21). The predicted octanol–water partition coefficient (Wildman–Crippen LogP) is 4.42. The third-order valence-electron chi connectivity index (χ3n) is 2.66.